The third kappa shape index (κ3) is 28.5. The van der Waals surface area contributed by atoms with Crippen LogP contribution >= 0.6 is 7.82 Å². The summed E-state index contributed by atoms with van der Waals surface area (Å²) in [4.78, 5) is 35.1. The van der Waals surface area contributed by atoms with Gasteiger partial charge in [-0.2, -0.15) is 0 Å². The largest absolute Gasteiger partial charge is 0.472 e. The lowest BCUT2D eigenvalue weighted by atomic mass is 9.89. The second-order valence-electron chi connectivity index (χ2n) is 14.5. The first-order valence-electron chi connectivity index (χ1n) is 21.3. The molecule has 1 rings (SSSR count). The number of carbonyl (C=O) groups excluding carboxylic acids is 2. The molecule has 1 saturated carbocycles. The first-order chi connectivity index (χ1) is 28.0. The van der Waals surface area contributed by atoms with E-state index < -0.39 is 57.4 Å². The molecule has 7 atom stereocenters. The van der Waals surface area contributed by atoms with Crippen molar-refractivity contribution in [2.24, 2.45) is 17.6 Å². The minimum atomic E-state index is -4.48. The molecule has 1 aliphatic carbocycles. The van der Waals surface area contributed by atoms with Crippen LogP contribution in [0, 0.1) is 11.8 Å². The number of hydrogen-bond donors (Lipinski definition) is 5. The van der Waals surface area contributed by atoms with Gasteiger partial charge in [-0.05, 0) is 63.7 Å². The monoisotopic (exact) mass is 835 g/mol. The van der Waals surface area contributed by atoms with Crippen molar-refractivity contribution in [1.82, 2.24) is 0 Å². The Balaban J connectivity index is 2.51. The van der Waals surface area contributed by atoms with Gasteiger partial charge in [-0.15, -0.1) is 0 Å². The fourth-order valence-electron chi connectivity index (χ4n) is 6.12. The van der Waals surface area contributed by atoms with Gasteiger partial charge < -0.3 is 35.4 Å². The lowest BCUT2D eigenvalue weighted by molar-refractivity contribution is -0.160. The van der Waals surface area contributed by atoms with Crippen LogP contribution in [-0.2, 0) is 32.7 Å². The summed E-state index contributed by atoms with van der Waals surface area (Å²) in [5.41, 5.74) is 5.33. The molecule has 13 heteroatoms. The molecule has 12 nitrogen and oxygen atoms in total. The number of carbonyl (C=O) groups is 2. The van der Waals surface area contributed by atoms with E-state index in [1.54, 1.807) is 24.3 Å². The SMILES string of the molecule is CCCCC/C=C\C/C=C\C/C=C\C/C=C\C/C=C\CCC(=O)O[C@H](COC(=O)C/C=C\C[C@H]1[C@@H](/C=C/[C@H](O)CCCCC)[C@H](O)C[C@@H]1O)COP(=O)(O)OCCN. The Hall–Kier alpha value is -2.93. The summed E-state index contributed by atoms with van der Waals surface area (Å²) < 4.78 is 32.6. The van der Waals surface area contributed by atoms with Gasteiger partial charge in [0, 0.05) is 25.3 Å². The van der Waals surface area contributed by atoms with Crippen molar-refractivity contribution >= 4 is 19.8 Å². The van der Waals surface area contributed by atoms with Crippen LogP contribution in [0.5, 0.6) is 0 Å². The minimum absolute atomic E-state index is 0.00666. The number of unbranched alkanes of at least 4 members (excludes halogenated alkanes) is 5. The van der Waals surface area contributed by atoms with Crippen LogP contribution in [0.2, 0.25) is 0 Å². The van der Waals surface area contributed by atoms with Gasteiger partial charge >= 0.3 is 19.8 Å². The standard InChI is InChI=1S/C45H74NO11P/c1-3-5-7-8-9-10-11-12-13-14-15-16-17-18-19-20-21-22-24-30-45(51)57-39(37-56-58(52,53)55-34-33-46)36-54-44(50)29-26-25-28-40-41(43(49)35-42(40)48)32-31-38(47)27-23-6-4-2/h9-10,12-13,15-16,18-19,21-22,25-26,31-32,38-43,47-49H,3-8,11,14,17,20,23-24,27-30,33-37,46H2,1-2H3,(H,52,53)/b10-9-,13-12-,16-15-,19-18-,22-21-,26-25-,32-31+/t38-,39-,40+,41-,42+,43-/m1/s1. The summed E-state index contributed by atoms with van der Waals surface area (Å²) >= 11 is 0. The highest BCUT2D eigenvalue weighted by atomic mass is 31.2. The molecule has 330 valence electrons. The van der Waals surface area contributed by atoms with Gasteiger partial charge in [0.1, 0.15) is 6.61 Å². The van der Waals surface area contributed by atoms with Crippen molar-refractivity contribution in [2.45, 2.75) is 147 Å². The van der Waals surface area contributed by atoms with Crippen LogP contribution in [0.1, 0.15) is 123 Å². The first-order valence-corrected chi connectivity index (χ1v) is 22.8. The Morgan fingerprint density at radius 2 is 1.36 bits per heavy atom. The Labute approximate surface area is 348 Å². The van der Waals surface area contributed by atoms with E-state index in [1.165, 1.54) is 19.3 Å². The molecular formula is C45H74NO11P. The quantitative estimate of drug-likeness (QED) is 0.0180. The van der Waals surface area contributed by atoms with Crippen molar-refractivity contribution in [1.29, 1.82) is 0 Å². The molecule has 1 unspecified atom stereocenters. The summed E-state index contributed by atoms with van der Waals surface area (Å²) in [5, 5.41) is 31.3. The zero-order valence-corrected chi connectivity index (χ0v) is 36.0. The summed E-state index contributed by atoms with van der Waals surface area (Å²) in [6, 6.07) is 0. The van der Waals surface area contributed by atoms with E-state index >= 15 is 0 Å². The number of aliphatic hydroxyl groups excluding tert-OH is 3. The molecule has 0 amide bonds. The van der Waals surface area contributed by atoms with Crippen molar-refractivity contribution in [3.63, 3.8) is 0 Å². The smallest absolute Gasteiger partial charge is 0.461 e. The maximum absolute atomic E-state index is 12.6. The molecule has 0 heterocycles. The van der Waals surface area contributed by atoms with E-state index in [-0.39, 0.29) is 44.2 Å². The van der Waals surface area contributed by atoms with Gasteiger partial charge in [-0.3, -0.25) is 18.6 Å². The van der Waals surface area contributed by atoms with E-state index in [4.69, 9.17) is 24.3 Å². The number of phosphoric acid groups is 1. The van der Waals surface area contributed by atoms with Gasteiger partial charge in [0.25, 0.3) is 0 Å². The molecule has 0 saturated heterocycles. The lowest BCUT2D eigenvalue weighted by Crippen LogP contribution is -2.29. The minimum Gasteiger partial charge on any atom is -0.461 e. The van der Waals surface area contributed by atoms with Gasteiger partial charge in [-0.25, -0.2) is 4.57 Å². The van der Waals surface area contributed by atoms with E-state index in [0.29, 0.717) is 25.7 Å². The Kier molecular flexibility index (Phi) is 31.9. The second-order valence-corrected chi connectivity index (χ2v) is 15.9. The van der Waals surface area contributed by atoms with Crippen molar-refractivity contribution < 1.29 is 52.9 Å². The second kappa shape index (κ2) is 34.9. The third-order valence-electron chi connectivity index (χ3n) is 9.37. The van der Waals surface area contributed by atoms with Crippen molar-refractivity contribution in [3.8, 4) is 0 Å². The number of phosphoric ester groups is 1. The van der Waals surface area contributed by atoms with Gasteiger partial charge in [0.2, 0.25) is 0 Å². The summed E-state index contributed by atoms with van der Waals surface area (Å²) in [7, 11) is -4.48. The molecule has 0 spiro atoms. The fraction of sp³-hybridized carbons (Fsp3) is 0.644. The summed E-state index contributed by atoms with van der Waals surface area (Å²) in [6.45, 7) is 3.11. The molecule has 0 radical (unpaired) electrons. The Bertz CT molecular complexity index is 1340. The van der Waals surface area contributed by atoms with Crippen LogP contribution in [0.15, 0.2) is 85.1 Å². The summed E-state index contributed by atoms with van der Waals surface area (Å²) in [6.07, 6.45) is 37.6. The Morgan fingerprint density at radius 3 is 1.98 bits per heavy atom. The van der Waals surface area contributed by atoms with Crippen LogP contribution < -0.4 is 5.73 Å². The molecule has 0 bridgehead atoms. The van der Waals surface area contributed by atoms with Crippen LogP contribution in [0.4, 0.5) is 0 Å². The predicted octanol–water partition coefficient (Wildman–Crippen LogP) is 8.43. The van der Waals surface area contributed by atoms with Gasteiger partial charge in [-0.1, -0.05) is 131 Å². The average molecular weight is 836 g/mol. The molecule has 1 aliphatic rings. The van der Waals surface area contributed by atoms with Gasteiger partial charge in [0.05, 0.1) is 37.9 Å². The van der Waals surface area contributed by atoms with Crippen molar-refractivity contribution in [2.75, 3.05) is 26.4 Å². The van der Waals surface area contributed by atoms with Crippen molar-refractivity contribution in [3.05, 3.63) is 85.1 Å². The van der Waals surface area contributed by atoms with Crippen LogP contribution in [0.3, 0.4) is 0 Å². The van der Waals surface area contributed by atoms with E-state index in [1.807, 2.05) is 12.2 Å². The molecule has 0 aromatic rings. The van der Waals surface area contributed by atoms with E-state index in [2.05, 4.69) is 62.5 Å². The highest BCUT2D eigenvalue weighted by Crippen LogP contribution is 2.43. The molecule has 0 aromatic carbocycles. The molecule has 1 fully saturated rings. The highest BCUT2D eigenvalue weighted by molar-refractivity contribution is 7.47. The zero-order chi connectivity index (χ0) is 42.7. The van der Waals surface area contributed by atoms with Gasteiger partial charge in [0.15, 0.2) is 6.10 Å². The van der Waals surface area contributed by atoms with Crippen LogP contribution in [0.25, 0.3) is 0 Å². The normalized spacial score (nSPS) is 21.2. The summed E-state index contributed by atoms with van der Waals surface area (Å²) in [5.74, 6) is -1.86. The lowest BCUT2D eigenvalue weighted by Gasteiger charge is -2.20. The molecular weight excluding hydrogens is 761 g/mol. The number of nitrogens with two attached hydrogens (primary N) is 1. The predicted molar refractivity (Wildman–Crippen MR) is 230 cm³/mol. The third-order valence-corrected chi connectivity index (χ3v) is 10.4. The van der Waals surface area contributed by atoms with E-state index in [9.17, 15) is 34.4 Å². The average Bonchev–Trinajstić information content (AvgIpc) is 3.47. The molecule has 0 aromatic heterocycles. The maximum atomic E-state index is 12.6. The topological polar surface area (TPSA) is 195 Å². The highest BCUT2D eigenvalue weighted by Gasteiger charge is 2.39. The molecule has 6 N–H and O–H groups in total. The number of ether oxygens (including phenoxy) is 2. The molecule has 0 aliphatic heterocycles. The fourth-order valence-corrected chi connectivity index (χ4v) is 6.88. The molecule has 58 heavy (non-hydrogen) atoms. The number of hydrogen-bond acceptors (Lipinski definition) is 11. The number of aliphatic hydroxyl groups is 3. The zero-order valence-electron chi connectivity index (χ0n) is 35.1. The Morgan fingerprint density at radius 1 is 0.759 bits per heavy atom. The first kappa shape index (κ1) is 53.1. The number of esters is 2. The number of allylic oxidation sites excluding steroid dienone is 11. The van der Waals surface area contributed by atoms with Crippen LogP contribution in [-0.4, -0.2) is 82.9 Å². The number of rotatable bonds is 34. The van der Waals surface area contributed by atoms with E-state index in [0.717, 1.165) is 44.9 Å². The maximum Gasteiger partial charge on any atom is 0.472 e.